The third kappa shape index (κ3) is 2.75. The normalized spacial score (nSPS) is 12.4. The molecular weight excluding hydrogens is 312 g/mol. The maximum atomic E-state index is 6.21. The van der Waals surface area contributed by atoms with Gasteiger partial charge in [0.2, 0.25) is 0 Å². The molecule has 0 aliphatic rings. The van der Waals surface area contributed by atoms with E-state index >= 15 is 0 Å². The van der Waals surface area contributed by atoms with Crippen molar-refractivity contribution in [1.29, 1.82) is 0 Å². The molecule has 3 N–H and O–H groups in total. The van der Waals surface area contributed by atoms with Crippen molar-refractivity contribution in [1.82, 2.24) is 5.43 Å². The molecule has 0 amide bonds. The molecule has 94 valence electrons. The lowest BCUT2D eigenvalue weighted by molar-refractivity contribution is 0.636. The SMILES string of the molecule is Cc1cc(C(NN)c2ccccc2Cl)ccc1Br. The Kier molecular flexibility index (Phi) is 4.40. The minimum atomic E-state index is -0.106. The number of hydrogen-bond donors (Lipinski definition) is 2. The lowest BCUT2D eigenvalue weighted by atomic mass is 9.98. The standard InChI is InChI=1S/C14H14BrClN2/c1-9-8-10(6-7-12(9)15)14(18-17)11-4-2-3-5-13(11)16/h2-8,14,18H,17H2,1H3. The Morgan fingerprint density at radius 1 is 1.22 bits per heavy atom. The highest BCUT2D eigenvalue weighted by Gasteiger charge is 2.15. The van der Waals surface area contributed by atoms with Gasteiger partial charge in [-0.05, 0) is 35.7 Å². The number of hydrazine groups is 1. The highest BCUT2D eigenvalue weighted by atomic mass is 79.9. The smallest absolute Gasteiger partial charge is 0.0724 e. The predicted molar refractivity (Wildman–Crippen MR) is 79.5 cm³/mol. The maximum absolute atomic E-state index is 6.21. The van der Waals surface area contributed by atoms with Crippen molar-refractivity contribution in [3.05, 3.63) is 68.7 Å². The number of benzene rings is 2. The lowest BCUT2D eigenvalue weighted by Gasteiger charge is -2.19. The summed E-state index contributed by atoms with van der Waals surface area (Å²) >= 11 is 9.71. The molecule has 0 radical (unpaired) electrons. The van der Waals surface area contributed by atoms with Gasteiger partial charge in [-0.2, -0.15) is 0 Å². The second-order valence-corrected chi connectivity index (χ2v) is 5.39. The zero-order chi connectivity index (χ0) is 13.1. The highest BCUT2D eigenvalue weighted by molar-refractivity contribution is 9.10. The molecule has 2 nitrogen and oxygen atoms in total. The molecule has 0 fully saturated rings. The first-order valence-electron chi connectivity index (χ1n) is 5.60. The number of rotatable bonds is 3. The van der Waals surface area contributed by atoms with E-state index in [0.717, 1.165) is 15.6 Å². The topological polar surface area (TPSA) is 38.0 Å². The molecule has 4 heteroatoms. The molecule has 1 atom stereocenters. The van der Waals surface area contributed by atoms with Crippen LogP contribution >= 0.6 is 27.5 Å². The van der Waals surface area contributed by atoms with Gasteiger partial charge >= 0.3 is 0 Å². The molecule has 0 heterocycles. The molecule has 0 aliphatic carbocycles. The summed E-state index contributed by atoms with van der Waals surface area (Å²) in [5.41, 5.74) is 6.05. The fraction of sp³-hybridized carbons (Fsp3) is 0.143. The molecule has 2 rings (SSSR count). The van der Waals surface area contributed by atoms with Crippen LogP contribution in [0.1, 0.15) is 22.7 Å². The number of halogens is 2. The van der Waals surface area contributed by atoms with Crippen LogP contribution in [-0.4, -0.2) is 0 Å². The number of aryl methyl sites for hydroxylation is 1. The van der Waals surface area contributed by atoms with Crippen LogP contribution in [0.3, 0.4) is 0 Å². The molecule has 2 aromatic rings. The summed E-state index contributed by atoms with van der Waals surface area (Å²) in [6, 6.07) is 13.8. The molecule has 0 saturated heterocycles. The quantitative estimate of drug-likeness (QED) is 0.662. The minimum Gasteiger partial charge on any atom is -0.271 e. The largest absolute Gasteiger partial charge is 0.271 e. The number of hydrogen-bond acceptors (Lipinski definition) is 2. The van der Waals surface area contributed by atoms with Gasteiger partial charge in [0.1, 0.15) is 0 Å². The van der Waals surface area contributed by atoms with Crippen molar-refractivity contribution in [3.8, 4) is 0 Å². The Hall–Kier alpha value is -0.870. The Morgan fingerprint density at radius 2 is 1.94 bits per heavy atom. The Morgan fingerprint density at radius 3 is 2.56 bits per heavy atom. The van der Waals surface area contributed by atoms with Gasteiger partial charge in [-0.1, -0.05) is 57.9 Å². The molecule has 0 spiro atoms. The summed E-state index contributed by atoms with van der Waals surface area (Å²) < 4.78 is 1.08. The van der Waals surface area contributed by atoms with Crippen LogP contribution < -0.4 is 11.3 Å². The molecule has 0 aromatic heterocycles. The van der Waals surface area contributed by atoms with Crippen molar-refractivity contribution < 1.29 is 0 Å². The van der Waals surface area contributed by atoms with Crippen LogP contribution in [0.15, 0.2) is 46.9 Å². The molecule has 0 saturated carbocycles. The van der Waals surface area contributed by atoms with Crippen LogP contribution in [0.25, 0.3) is 0 Å². The van der Waals surface area contributed by atoms with E-state index < -0.39 is 0 Å². The fourth-order valence-electron chi connectivity index (χ4n) is 1.92. The summed E-state index contributed by atoms with van der Waals surface area (Å²) in [6.45, 7) is 2.05. The van der Waals surface area contributed by atoms with Crippen LogP contribution in [-0.2, 0) is 0 Å². The van der Waals surface area contributed by atoms with Gasteiger partial charge < -0.3 is 0 Å². The zero-order valence-electron chi connectivity index (χ0n) is 9.95. The fourth-order valence-corrected chi connectivity index (χ4v) is 2.41. The third-order valence-corrected chi connectivity index (χ3v) is 4.13. The second kappa shape index (κ2) is 5.85. The summed E-state index contributed by atoms with van der Waals surface area (Å²) in [5.74, 6) is 5.67. The summed E-state index contributed by atoms with van der Waals surface area (Å²) in [4.78, 5) is 0. The van der Waals surface area contributed by atoms with Crippen molar-refractivity contribution in [2.45, 2.75) is 13.0 Å². The predicted octanol–water partition coefficient (Wildman–Crippen LogP) is 3.96. The van der Waals surface area contributed by atoms with Crippen LogP contribution in [0.4, 0.5) is 0 Å². The van der Waals surface area contributed by atoms with Crippen molar-refractivity contribution in [3.63, 3.8) is 0 Å². The minimum absolute atomic E-state index is 0.106. The maximum Gasteiger partial charge on any atom is 0.0724 e. The van der Waals surface area contributed by atoms with Gasteiger partial charge in [0, 0.05) is 9.50 Å². The molecule has 0 bridgehead atoms. The molecular formula is C14H14BrClN2. The average molecular weight is 326 g/mol. The van der Waals surface area contributed by atoms with Crippen LogP contribution in [0.2, 0.25) is 5.02 Å². The number of nitrogens with two attached hydrogens (primary N) is 1. The van der Waals surface area contributed by atoms with E-state index in [4.69, 9.17) is 17.4 Å². The summed E-state index contributed by atoms with van der Waals surface area (Å²) in [5, 5.41) is 0.709. The van der Waals surface area contributed by atoms with E-state index in [1.165, 1.54) is 5.56 Å². The van der Waals surface area contributed by atoms with E-state index in [1.54, 1.807) is 0 Å². The molecule has 18 heavy (non-hydrogen) atoms. The zero-order valence-corrected chi connectivity index (χ0v) is 12.3. The van der Waals surface area contributed by atoms with E-state index in [0.29, 0.717) is 5.02 Å². The Bertz CT molecular complexity index is 557. The van der Waals surface area contributed by atoms with Crippen molar-refractivity contribution in [2.24, 2.45) is 5.84 Å². The van der Waals surface area contributed by atoms with Gasteiger partial charge in [-0.3, -0.25) is 5.84 Å². The van der Waals surface area contributed by atoms with Gasteiger partial charge in [0.15, 0.2) is 0 Å². The lowest BCUT2D eigenvalue weighted by Crippen LogP contribution is -2.29. The molecule has 0 aliphatic heterocycles. The van der Waals surface area contributed by atoms with E-state index in [-0.39, 0.29) is 6.04 Å². The van der Waals surface area contributed by atoms with Gasteiger partial charge in [-0.15, -0.1) is 0 Å². The second-order valence-electron chi connectivity index (χ2n) is 4.13. The van der Waals surface area contributed by atoms with E-state index in [9.17, 15) is 0 Å². The Labute approximate surface area is 120 Å². The van der Waals surface area contributed by atoms with Crippen molar-refractivity contribution >= 4 is 27.5 Å². The highest BCUT2D eigenvalue weighted by Crippen LogP contribution is 2.29. The average Bonchev–Trinajstić information content (AvgIpc) is 2.37. The third-order valence-electron chi connectivity index (χ3n) is 2.90. The van der Waals surface area contributed by atoms with Crippen molar-refractivity contribution in [2.75, 3.05) is 0 Å². The number of nitrogens with one attached hydrogen (secondary N) is 1. The first-order valence-corrected chi connectivity index (χ1v) is 6.77. The van der Waals surface area contributed by atoms with Gasteiger partial charge in [0.25, 0.3) is 0 Å². The monoisotopic (exact) mass is 324 g/mol. The molecule has 2 aromatic carbocycles. The van der Waals surface area contributed by atoms with E-state index in [2.05, 4.69) is 27.4 Å². The first-order chi connectivity index (χ1) is 8.63. The van der Waals surface area contributed by atoms with Crippen LogP contribution in [0.5, 0.6) is 0 Å². The summed E-state index contributed by atoms with van der Waals surface area (Å²) in [6.07, 6.45) is 0. The molecule has 1 unspecified atom stereocenters. The van der Waals surface area contributed by atoms with Gasteiger partial charge in [-0.25, -0.2) is 5.43 Å². The summed E-state index contributed by atoms with van der Waals surface area (Å²) in [7, 11) is 0. The first kappa shape index (κ1) is 13.6. The van der Waals surface area contributed by atoms with Crippen LogP contribution in [0, 0.1) is 6.92 Å². The Balaban J connectivity index is 2.45. The van der Waals surface area contributed by atoms with E-state index in [1.807, 2.05) is 43.3 Å². The van der Waals surface area contributed by atoms with Gasteiger partial charge in [0.05, 0.1) is 6.04 Å².